The number of hydrogen-bond donors (Lipinski definition) is 5. The quantitative estimate of drug-likeness (QED) is 0.318. The molecule has 9 nitrogen and oxygen atoms in total. The minimum atomic E-state index is 0.615. The topological polar surface area (TPSA) is 124 Å². The van der Waals surface area contributed by atoms with Crippen molar-refractivity contribution in [2.75, 3.05) is 10.6 Å². The average Bonchev–Trinajstić information content (AvgIpc) is 3.47. The first kappa shape index (κ1) is 15.6. The number of rotatable bonds is 4. The lowest BCUT2D eigenvalue weighted by atomic mass is 10.2. The monoisotopic (exact) mass is 382 g/mol. The van der Waals surface area contributed by atoms with E-state index in [1.165, 1.54) is 0 Å². The summed E-state index contributed by atoms with van der Waals surface area (Å²) in [4.78, 5) is 18.6. The van der Waals surface area contributed by atoms with E-state index in [0.717, 1.165) is 50.2 Å². The molecule has 6 aromatic rings. The van der Waals surface area contributed by atoms with Gasteiger partial charge in [0.2, 0.25) is 11.5 Å². The molecule has 6 N–H and O–H groups in total. The van der Waals surface area contributed by atoms with Crippen molar-refractivity contribution < 1.29 is 4.98 Å². The van der Waals surface area contributed by atoms with Crippen molar-refractivity contribution >= 4 is 56.1 Å². The standard InChI is InChI=1S/C20H15N9/c1-2-13(7-16-11(1)9-24-29-16)26-20-27-18-14(5-6-21-18)19(28-20)25-12-3-4-15-17(8-12)23-10-22-15/h1-10H,(H,22,23)(H,24,29)(H3,21,25,26,27,28)/p+1. The summed E-state index contributed by atoms with van der Waals surface area (Å²) in [5.41, 5.74) is 5.55. The molecule has 9 heteroatoms. The predicted octanol–water partition coefficient (Wildman–Crippen LogP) is 3.62. The molecule has 0 aliphatic carbocycles. The molecule has 0 radical (unpaired) electrons. The van der Waals surface area contributed by atoms with E-state index < -0.39 is 0 Å². The van der Waals surface area contributed by atoms with E-state index in [4.69, 9.17) is 4.98 Å². The fourth-order valence-electron chi connectivity index (χ4n) is 3.44. The summed E-state index contributed by atoms with van der Waals surface area (Å²) in [5.74, 6) is 1.35. The van der Waals surface area contributed by atoms with Gasteiger partial charge in [-0.15, -0.1) is 0 Å². The maximum absolute atomic E-state index is 4.75. The van der Waals surface area contributed by atoms with Gasteiger partial charge in [-0.2, -0.15) is 5.10 Å². The van der Waals surface area contributed by atoms with Crippen LogP contribution in [-0.4, -0.2) is 30.1 Å². The molecule has 0 bridgehead atoms. The van der Waals surface area contributed by atoms with E-state index in [0.29, 0.717) is 5.95 Å². The zero-order valence-corrected chi connectivity index (χ0v) is 15.1. The molecule has 6 rings (SSSR count). The van der Waals surface area contributed by atoms with Gasteiger partial charge in [0, 0.05) is 17.3 Å². The third-order valence-corrected chi connectivity index (χ3v) is 4.86. The summed E-state index contributed by atoms with van der Waals surface area (Å²) in [5, 5.41) is 15.8. The molecule has 0 aliphatic heterocycles. The van der Waals surface area contributed by atoms with E-state index in [-0.39, 0.29) is 0 Å². The summed E-state index contributed by atoms with van der Waals surface area (Å²) in [7, 11) is 0. The van der Waals surface area contributed by atoms with Crippen LogP contribution in [-0.2, 0) is 0 Å². The van der Waals surface area contributed by atoms with Gasteiger partial charge in [-0.3, -0.25) is 15.4 Å². The van der Waals surface area contributed by atoms with E-state index in [1.807, 2.05) is 48.7 Å². The number of nitrogens with zero attached hydrogens (tertiary/aromatic N) is 3. The molecular weight excluding hydrogens is 366 g/mol. The van der Waals surface area contributed by atoms with E-state index in [9.17, 15) is 0 Å². The molecular formula is C20H16N9+. The van der Waals surface area contributed by atoms with Gasteiger partial charge < -0.3 is 10.3 Å². The van der Waals surface area contributed by atoms with Crippen molar-refractivity contribution in [2.45, 2.75) is 0 Å². The Kier molecular flexibility index (Phi) is 3.27. The zero-order valence-electron chi connectivity index (χ0n) is 15.1. The Morgan fingerprint density at radius 2 is 1.79 bits per heavy atom. The molecule has 2 aromatic carbocycles. The fraction of sp³-hybridized carbons (Fsp3) is 0. The molecule has 0 saturated heterocycles. The molecule has 0 atom stereocenters. The number of nitrogens with one attached hydrogen (secondary N) is 6. The van der Waals surface area contributed by atoms with Crippen molar-refractivity contribution in [1.29, 1.82) is 0 Å². The van der Waals surface area contributed by atoms with Gasteiger partial charge in [0.05, 0.1) is 40.1 Å². The number of H-pyrrole nitrogens is 4. The van der Waals surface area contributed by atoms with Crippen molar-refractivity contribution in [3.63, 3.8) is 0 Å². The minimum absolute atomic E-state index is 0.615. The van der Waals surface area contributed by atoms with Crippen LogP contribution < -0.4 is 15.6 Å². The smallest absolute Gasteiger partial charge is 0.345 e. The van der Waals surface area contributed by atoms with E-state index in [2.05, 4.69) is 40.8 Å². The van der Waals surface area contributed by atoms with Crippen molar-refractivity contribution in [1.82, 2.24) is 30.1 Å². The summed E-state index contributed by atoms with van der Waals surface area (Å²) in [6.45, 7) is 0. The Hall–Kier alpha value is -4.40. The van der Waals surface area contributed by atoms with Crippen LogP contribution in [0.1, 0.15) is 0 Å². The maximum atomic E-state index is 4.75. The van der Waals surface area contributed by atoms with Crippen molar-refractivity contribution in [3.8, 4) is 0 Å². The van der Waals surface area contributed by atoms with Crippen LogP contribution in [0.5, 0.6) is 0 Å². The molecule has 0 unspecified atom stereocenters. The molecule has 140 valence electrons. The first-order valence-corrected chi connectivity index (χ1v) is 9.12. The van der Waals surface area contributed by atoms with E-state index >= 15 is 0 Å². The van der Waals surface area contributed by atoms with Gasteiger partial charge in [-0.05, 0) is 42.5 Å². The number of imidazole rings is 1. The summed E-state index contributed by atoms with van der Waals surface area (Å²) in [6, 6.07) is 13.9. The second-order valence-corrected chi connectivity index (χ2v) is 6.76. The number of hydrogen-bond acceptors (Lipinski definition) is 5. The van der Waals surface area contributed by atoms with Gasteiger partial charge in [-0.1, -0.05) is 4.98 Å². The maximum Gasteiger partial charge on any atom is 0.351 e. The van der Waals surface area contributed by atoms with Gasteiger partial charge in [-0.25, -0.2) is 9.97 Å². The molecule has 0 amide bonds. The van der Waals surface area contributed by atoms with Crippen LogP contribution in [0.3, 0.4) is 0 Å². The Balaban J connectivity index is 1.38. The zero-order chi connectivity index (χ0) is 19.2. The molecule has 0 fully saturated rings. The first-order valence-electron chi connectivity index (χ1n) is 9.12. The molecule has 0 aliphatic rings. The lowest BCUT2D eigenvalue weighted by Gasteiger charge is -2.06. The lowest BCUT2D eigenvalue weighted by Crippen LogP contribution is -2.15. The van der Waals surface area contributed by atoms with E-state index in [1.54, 1.807) is 12.5 Å². The van der Waals surface area contributed by atoms with Crippen LogP contribution >= 0.6 is 0 Å². The molecule has 4 aromatic heterocycles. The predicted molar refractivity (Wildman–Crippen MR) is 111 cm³/mol. The van der Waals surface area contributed by atoms with Gasteiger partial charge >= 0.3 is 5.95 Å². The van der Waals surface area contributed by atoms with Crippen LogP contribution in [0, 0.1) is 0 Å². The van der Waals surface area contributed by atoms with Crippen LogP contribution in [0.25, 0.3) is 33.0 Å². The Morgan fingerprint density at radius 1 is 0.897 bits per heavy atom. The highest BCUT2D eigenvalue weighted by Crippen LogP contribution is 2.26. The number of aromatic nitrogens is 7. The highest BCUT2D eigenvalue weighted by molar-refractivity contribution is 5.89. The van der Waals surface area contributed by atoms with Crippen LogP contribution in [0.2, 0.25) is 0 Å². The second kappa shape index (κ2) is 6.06. The summed E-state index contributed by atoms with van der Waals surface area (Å²) < 4.78 is 0. The highest BCUT2D eigenvalue weighted by Gasteiger charge is 2.15. The number of fused-ring (bicyclic) bond motifs is 3. The SMILES string of the molecule is c1nc2ccc(Nc3nc(Nc4ccc5cn[nH]c5c4)[nH+]c4[nH]ccc34)cc2[nH]1. The number of benzene rings is 2. The highest BCUT2D eigenvalue weighted by atomic mass is 15.2. The van der Waals surface area contributed by atoms with Crippen molar-refractivity contribution in [3.05, 3.63) is 61.2 Å². The number of aromatic amines is 4. The Morgan fingerprint density at radius 3 is 2.79 bits per heavy atom. The second-order valence-electron chi connectivity index (χ2n) is 6.76. The molecule has 4 heterocycles. The van der Waals surface area contributed by atoms with Gasteiger partial charge in [0.15, 0.2) is 0 Å². The molecule has 0 spiro atoms. The summed E-state index contributed by atoms with van der Waals surface area (Å²) in [6.07, 6.45) is 5.37. The Bertz CT molecular complexity index is 1470. The number of anilines is 4. The largest absolute Gasteiger partial charge is 0.351 e. The van der Waals surface area contributed by atoms with Crippen molar-refractivity contribution in [2.24, 2.45) is 0 Å². The fourth-order valence-corrected chi connectivity index (χ4v) is 3.44. The summed E-state index contributed by atoms with van der Waals surface area (Å²) >= 11 is 0. The molecule has 0 saturated carbocycles. The third kappa shape index (κ3) is 2.72. The molecule has 29 heavy (non-hydrogen) atoms. The average molecular weight is 382 g/mol. The Labute approximate surface area is 163 Å². The van der Waals surface area contributed by atoms with Gasteiger partial charge in [0.25, 0.3) is 0 Å². The van der Waals surface area contributed by atoms with Crippen LogP contribution in [0.4, 0.5) is 23.1 Å². The normalized spacial score (nSPS) is 11.4. The third-order valence-electron chi connectivity index (χ3n) is 4.86. The first-order chi connectivity index (χ1) is 14.3. The van der Waals surface area contributed by atoms with Crippen LogP contribution in [0.15, 0.2) is 61.2 Å². The van der Waals surface area contributed by atoms with Gasteiger partial charge in [0.1, 0.15) is 0 Å². The minimum Gasteiger partial charge on any atom is -0.345 e. The lowest BCUT2D eigenvalue weighted by molar-refractivity contribution is -0.333.